The molecule has 1 heterocycles. The van der Waals surface area contributed by atoms with Crippen LogP contribution < -0.4 is 5.32 Å². The van der Waals surface area contributed by atoms with Crippen LogP contribution in [-0.2, 0) is 6.54 Å². The maximum absolute atomic E-state index is 8.42. The molecule has 1 aromatic heterocycles. The summed E-state index contributed by atoms with van der Waals surface area (Å²) in [5.74, 6) is 0. The van der Waals surface area contributed by atoms with Gasteiger partial charge in [0.2, 0.25) is 0 Å². The van der Waals surface area contributed by atoms with Gasteiger partial charge in [0.05, 0.1) is 6.07 Å². The largest absolute Gasteiger partial charge is 0.444 e. The molecule has 16 heavy (non-hydrogen) atoms. The van der Waals surface area contributed by atoms with Crippen molar-refractivity contribution in [3.8, 4) is 6.07 Å². The van der Waals surface area contributed by atoms with E-state index in [-0.39, 0.29) is 0 Å². The van der Waals surface area contributed by atoms with E-state index < -0.39 is 0 Å². The van der Waals surface area contributed by atoms with Crippen LogP contribution in [0.5, 0.6) is 0 Å². The Kier molecular flexibility index (Phi) is 3.45. The van der Waals surface area contributed by atoms with Gasteiger partial charge in [-0.2, -0.15) is 5.26 Å². The zero-order chi connectivity index (χ0) is 11.4. The molecule has 0 bridgehead atoms. The summed E-state index contributed by atoms with van der Waals surface area (Å²) < 4.78 is 5.42. The molecule has 0 spiro atoms. The number of furan rings is 1. The Hall–Kier alpha value is -1.50. The minimum Gasteiger partial charge on any atom is -0.444 e. The number of para-hydroxylation sites is 1. The van der Waals surface area contributed by atoms with Crippen LogP contribution in [0.25, 0.3) is 11.0 Å². The van der Waals surface area contributed by atoms with Crippen molar-refractivity contribution < 1.29 is 4.42 Å². The summed E-state index contributed by atoms with van der Waals surface area (Å²) in [5.41, 5.74) is 1.75. The molecule has 2 rings (SSSR count). The molecular weight excluding hydrogens is 224 g/mol. The highest BCUT2D eigenvalue weighted by molar-refractivity contribution is 6.30. The van der Waals surface area contributed by atoms with Crippen molar-refractivity contribution in [2.24, 2.45) is 0 Å². The van der Waals surface area contributed by atoms with E-state index in [4.69, 9.17) is 21.3 Å². The molecule has 3 nitrogen and oxygen atoms in total. The third-order valence-corrected chi connectivity index (χ3v) is 2.67. The molecule has 0 saturated carbocycles. The van der Waals surface area contributed by atoms with Crippen molar-refractivity contribution >= 4 is 22.6 Å². The van der Waals surface area contributed by atoms with E-state index in [1.54, 1.807) is 0 Å². The Morgan fingerprint density at radius 3 is 3.00 bits per heavy atom. The summed E-state index contributed by atoms with van der Waals surface area (Å²) >= 11 is 6.01. The standard InChI is InChI=1S/C12H11ClN2O/c13-12-10(8-15-7-3-6-14)9-4-1-2-5-11(9)16-12/h1-2,4-5,15H,3,7-8H2. The minimum atomic E-state index is 0.422. The monoisotopic (exact) mass is 234 g/mol. The van der Waals surface area contributed by atoms with Crippen molar-refractivity contribution in [2.45, 2.75) is 13.0 Å². The summed E-state index contributed by atoms with van der Waals surface area (Å²) in [6.07, 6.45) is 0.493. The first-order valence-corrected chi connectivity index (χ1v) is 5.44. The van der Waals surface area contributed by atoms with Gasteiger partial charge in [0.25, 0.3) is 0 Å². The lowest BCUT2D eigenvalue weighted by atomic mass is 10.2. The van der Waals surface area contributed by atoms with Crippen LogP contribution in [0, 0.1) is 11.3 Å². The van der Waals surface area contributed by atoms with Gasteiger partial charge in [-0.05, 0) is 17.7 Å². The van der Waals surface area contributed by atoms with E-state index in [1.165, 1.54) is 0 Å². The fourth-order valence-electron chi connectivity index (χ4n) is 1.59. The minimum absolute atomic E-state index is 0.422. The van der Waals surface area contributed by atoms with E-state index >= 15 is 0 Å². The molecule has 0 aliphatic carbocycles. The number of nitrogens with zero attached hydrogens (tertiary/aromatic N) is 1. The zero-order valence-electron chi connectivity index (χ0n) is 8.66. The Bertz CT molecular complexity index is 527. The van der Waals surface area contributed by atoms with E-state index in [2.05, 4.69) is 11.4 Å². The first kappa shape index (κ1) is 11.0. The first-order valence-electron chi connectivity index (χ1n) is 5.06. The molecule has 0 amide bonds. The molecule has 0 fully saturated rings. The van der Waals surface area contributed by atoms with E-state index in [9.17, 15) is 0 Å². The predicted octanol–water partition coefficient (Wildman–Crippen LogP) is 3.09. The van der Waals surface area contributed by atoms with Gasteiger partial charge in [0.1, 0.15) is 5.58 Å². The molecule has 0 aliphatic rings. The highest BCUT2D eigenvalue weighted by Crippen LogP contribution is 2.29. The summed E-state index contributed by atoms with van der Waals surface area (Å²) in [6.45, 7) is 1.28. The number of nitrogens with one attached hydrogen (secondary N) is 1. The molecular formula is C12H11ClN2O. The van der Waals surface area contributed by atoms with Gasteiger partial charge in [-0.1, -0.05) is 18.2 Å². The van der Waals surface area contributed by atoms with Crippen molar-refractivity contribution in [2.75, 3.05) is 6.54 Å². The van der Waals surface area contributed by atoms with Gasteiger partial charge in [-0.15, -0.1) is 0 Å². The zero-order valence-corrected chi connectivity index (χ0v) is 9.42. The molecule has 0 unspecified atom stereocenters. The quantitative estimate of drug-likeness (QED) is 0.827. The second-order valence-corrected chi connectivity index (χ2v) is 3.78. The Morgan fingerprint density at radius 2 is 2.19 bits per heavy atom. The third kappa shape index (κ3) is 2.19. The second-order valence-electron chi connectivity index (χ2n) is 3.44. The van der Waals surface area contributed by atoms with E-state index in [1.807, 2.05) is 24.3 Å². The molecule has 4 heteroatoms. The fraction of sp³-hybridized carbons (Fsp3) is 0.250. The lowest BCUT2D eigenvalue weighted by Crippen LogP contribution is -2.14. The van der Waals surface area contributed by atoms with Crippen LogP contribution in [0.1, 0.15) is 12.0 Å². The smallest absolute Gasteiger partial charge is 0.199 e. The highest BCUT2D eigenvalue weighted by atomic mass is 35.5. The topological polar surface area (TPSA) is 49.0 Å². The summed E-state index contributed by atoms with van der Waals surface area (Å²) in [4.78, 5) is 0. The molecule has 0 aliphatic heterocycles. The SMILES string of the molecule is N#CCCNCc1c(Cl)oc2ccccc12. The fourth-order valence-corrected chi connectivity index (χ4v) is 1.84. The number of benzene rings is 1. The van der Waals surface area contributed by atoms with Crippen LogP contribution >= 0.6 is 11.6 Å². The summed E-state index contributed by atoms with van der Waals surface area (Å²) in [6, 6.07) is 9.81. The first-order chi connectivity index (χ1) is 7.83. The van der Waals surface area contributed by atoms with Crippen molar-refractivity contribution in [1.29, 1.82) is 5.26 Å². The van der Waals surface area contributed by atoms with Crippen LogP contribution in [0.15, 0.2) is 28.7 Å². The number of hydrogen-bond acceptors (Lipinski definition) is 3. The Morgan fingerprint density at radius 1 is 1.38 bits per heavy atom. The van der Waals surface area contributed by atoms with Crippen LogP contribution in [0.2, 0.25) is 5.22 Å². The van der Waals surface area contributed by atoms with Crippen molar-refractivity contribution in [3.05, 3.63) is 35.0 Å². The lowest BCUT2D eigenvalue weighted by molar-refractivity contribution is 0.605. The molecule has 1 N–H and O–H groups in total. The van der Waals surface area contributed by atoms with Gasteiger partial charge < -0.3 is 9.73 Å². The number of hydrogen-bond donors (Lipinski definition) is 1. The van der Waals surface area contributed by atoms with Crippen LogP contribution in [-0.4, -0.2) is 6.54 Å². The normalized spacial score (nSPS) is 10.5. The number of halogens is 1. The molecule has 1 aromatic carbocycles. The van der Waals surface area contributed by atoms with E-state index in [0.717, 1.165) is 16.5 Å². The Labute approximate surface area is 98.6 Å². The maximum Gasteiger partial charge on any atom is 0.199 e. The van der Waals surface area contributed by atoms with Crippen LogP contribution in [0.3, 0.4) is 0 Å². The second kappa shape index (κ2) is 5.02. The maximum atomic E-state index is 8.42. The third-order valence-electron chi connectivity index (χ3n) is 2.36. The van der Waals surface area contributed by atoms with E-state index in [0.29, 0.717) is 24.7 Å². The van der Waals surface area contributed by atoms with Crippen molar-refractivity contribution in [1.82, 2.24) is 5.32 Å². The molecule has 82 valence electrons. The number of fused-ring (bicyclic) bond motifs is 1. The summed E-state index contributed by atoms with van der Waals surface area (Å²) in [7, 11) is 0. The molecule has 0 atom stereocenters. The van der Waals surface area contributed by atoms with Gasteiger partial charge in [0, 0.05) is 30.5 Å². The molecule has 0 radical (unpaired) electrons. The van der Waals surface area contributed by atoms with Crippen molar-refractivity contribution in [3.63, 3.8) is 0 Å². The van der Waals surface area contributed by atoms with Gasteiger partial charge in [-0.3, -0.25) is 0 Å². The summed E-state index contributed by atoms with van der Waals surface area (Å²) in [5, 5.41) is 13.0. The molecule has 0 saturated heterocycles. The number of nitriles is 1. The highest BCUT2D eigenvalue weighted by Gasteiger charge is 2.10. The van der Waals surface area contributed by atoms with Gasteiger partial charge in [-0.25, -0.2) is 0 Å². The number of rotatable bonds is 4. The average Bonchev–Trinajstić information content (AvgIpc) is 2.61. The molecule has 2 aromatic rings. The van der Waals surface area contributed by atoms with Gasteiger partial charge >= 0.3 is 0 Å². The van der Waals surface area contributed by atoms with Gasteiger partial charge in [0.15, 0.2) is 5.22 Å². The Balaban J connectivity index is 2.17. The van der Waals surface area contributed by atoms with Crippen LogP contribution in [0.4, 0.5) is 0 Å². The predicted molar refractivity (Wildman–Crippen MR) is 63.2 cm³/mol. The lowest BCUT2D eigenvalue weighted by Gasteiger charge is -2.00. The average molecular weight is 235 g/mol.